The van der Waals surface area contributed by atoms with Crippen LogP contribution in [0.2, 0.25) is 0 Å². The molecule has 0 aliphatic heterocycles. The first-order valence-electron chi connectivity index (χ1n) is 4.09. The van der Waals surface area contributed by atoms with Gasteiger partial charge in [0.1, 0.15) is 0 Å². The normalized spacial score (nSPS) is 10.2. The van der Waals surface area contributed by atoms with Crippen LogP contribution in [-0.4, -0.2) is 12.5 Å². The highest BCUT2D eigenvalue weighted by molar-refractivity contribution is 7.99. The second kappa shape index (κ2) is 4.99. The Hall–Kier alpha value is -0.870. The van der Waals surface area contributed by atoms with Crippen molar-refractivity contribution in [2.45, 2.75) is 11.8 Å². The Balaban J connectivity index is 2.53. The van der Waals surface area contributed by atoms with E-state index in [1.54, 1.807) is 11.8 Å². The van der Waals surface area contributed by atoms with Crippen molar-refractivity contribution in [2.24, 2.45) is 0 Å². The number of hydrogen-bond donors (Lipinski definition) is 2. The summed E-state index contributed by atoms with van der Waals surface area (Å²) in [5, 5.41) is 0. The molecule has 4 N–H and O–H groups in total. The second-order valence-electron chi connectivity index (χ2n) is 2.55. The minimum Gasteiger partial charge on any atom is -0.397 e. The third kappa shape index (κ3) is 3.16. The summed E-state index contributed by atoms with van der Waals surface area (Å²) >= 11 is 1.61. The Kier molecular flexibility index (Phi) is 3.92. The average molecular weight is 198 g/mol. The summed E-state index contributed by atoms with van der Waals surface area (Å²) in [6, 6.07) is 5.61. The highest BCUT2D eigenvalue weighted by atomic mass is 32.2. The predicted octanol–water partition coefficient (Wildman–Crippen LogP) is 1.94. The lowest BCUT2D eigenvalue weighted by Crippen LogP contribution is -1.94. The number of nitrogen functional groups attached to an aromatic ring is 2. The highest BCUT2D eigenvalue weighted by Crippen LogP contribution is 2.24. The SMILES string of the molecule is CCOCSc1ccc(N)c(N)c1. The van der Waals surface area contributed by atoms with Crippen molar-refractivity contribution in [1.29, 1.82) is 0 Å². The van der Waals surface area contributed by atoms with Crippen molar-refractivity contribution >= 4 is 23.1 Å². The summed E-state index contributed by atoms with van der Waals surface area (Å²) in [5.74, 6) is 0.653. The molecule has 4 heteroatoms. The minimum absolute atomic E-state index is 0.626. The van der Waals surface area contributed by atoms with E-state index in [-0.39, 0.29) is 0 Å². The first-order valence-corrected chi connectivity index (χ1v) is 5.08. The van der Waals surface area contributed by atoms with Gasteiger partial charge in [-0.25, -0.2) is 0 Å². The molecule has 1 rings (SSSR count). The first-order chi connectivity index (χ1) is 6.24. The molecule has 0 bridgehead atoms. The summed E-state index contributed by atoms with van der Waals surface area (Å²) in [4.78, 5) is 1.08. The summed E-state index contributed by atoms with van der Waals surface area (Å²) in [5.41, 5.74) is 12.5. The number of nitrogens with two attached hydrogens (primary N) is 2. The number of hydrogen-bond acceptors (Lipinski definition) is 4. The van der Waals surface area contributed by atoms with Crippen LogP contribution < -0.4 is 11.5 Å². The molecule has 0 aliphatic carbocycles. The van der Waals surface area contributed by atoms with E-state index in [4.69, 9.17) is 16.2 Å². The molecule has 0 atom stereocenters. The van der Waals surface area contributed by atoms with Gasteiger partial charge in [-0.15, -0.1) is 0 Å². The number of benzene rings is 1. The van der Waals surface area contributed by atoms with Gasteiger partial charge in [0.25, 0.3) is 0 Å². The van der Waals surface area contributed by atoms with E-state index in [1.807, 2.05) is 25.1 Å². The van der Waals surface area contributed by atoms with E-state index >= 15 is 0 Å². The van der Waals surface area contributed by atoms with Crippen molar-refractivity contribution in [3.05, 3.63) is 18.2 Å². The van der Waals surface area contributed by atoms with Gasteiger partial charge >= 0.3 is 0 Å². The van der Waals surface area contributed by atoms with Crippen LogP contribution in [0.4, 0.5) is 11.4 Å². The first kappa shape index (κ1) is 10.2. The molecule has 0 amide bonds. The number of ether oxygens (including phenoxy) is 1. The van der Waals surface area contributed by atoms with Crippen molar-refractivity contribution in [3.8, 4) is 0 Å². The molecular formula is C9H14N2OS. The van der Waals surface area contributed by atoms with E-state index in [1.165, 1.54) is 0 Å². The molecule has 3 nitrogen and oxygen atoms in total. The van der Waals surface area contributed by atoms with Crippen LogP contribution >= 0.6 is 11.8 Å². The fourth-order valence-electron chi connectivity index (χ4n) is 0.836. The molecule has 0 unspecified atom stereocenters. The summed E-state index contributed by atoms with van der Waals surface area (Å²) in [6.07, 6.45) is 0. The number of rotatable bonds is 4. The third-order valence-electron chi connectivity index (χ3n) is 1.57. The topological polar surface area (TPSA) is 61.3 Å². The number of thioether (sulfide) groups is 1. The van der Waals surface area contributed by atoms with Crippen LogP contribution in [0.5, 0.6) is 0 Å². The molecule has 13 heavy (non-hydrogen) atoms. The smallest absolute Gasteiger partial charge is 0.0966 e. The van der Waals surface area contributed by atoms with Crippen LogP contribution in [-0.2, 0) is 4.74 Å². The molecule has 1 aromatic carbocycles. The zero-order valence-electron chi connectivity index (χ0n) is 7.62. The molecular weight excluding hydrogens is 184 g/mol. The maximum Gasteiger partial charge on any atom is 0.0966 e. The summed E-state index contributed by atoms with van der Waals surface area (Å²) in [7, 11) is 0. The average Bonchev–Trinajstić information content (AvgIpc) is 2.12. The Morgan fingerprint density at radius 2 is 2.08 bits per heavy atom. The van der Waals surface area contributed by atoms with Crippen LogP contribution in [0.1, 0.15) is 6.92 Å². The Morgan fingerprint density at radius 1 is 1.31 bits per heavy atom. The van der Waals surface area contributed by atoms with Crippen molar-refractivity contribution in [2.75, 3.05) is 24.0 Å². The zero-order chi connectivity index (χ0) is 9.68. The third-order valence-corrected chi connectivity index (χ3v) is 2.44. The summed E-state index contributed by atoms with van der Waals surface area (Å²) < 4.78 is 5.20. The zero-order valence-corrected chi connectivity index (χ0v) is 8.43. The van der Waals surface area contributed by atoms with E-state index in [2.05, 4.69) is 0 Å². The summed E-state index contributed by atoms with van der Waals surface area (Å²) in [6.45, 7) is 2.70. The standard InChI is InChI=1S/C9H14N2OS/c1-2-12-6-13-7-3-4-8(10)9(11)5-7/h3-5H,2,6,10-11H2,1H3. The van der Waals surface area contributed by atoms with Gasteiger partial charge in [-0.05, 0) is 25.1 Å². The molecule has 1 aromatic rings. The Bertz CT molecular complexity index is 278. The highest BCUT2D eigenvalue weighted by Gasteiger charge is 1.97. The van der Waals surface area contributed by atoms with Crippen molar-refractivity contribution in [3.63, 3.8) is 0 Å². The Labute approximate surface area is 82.4 Å². The molecule has 0 fully saturated rings. The minimum atomic E-state index is 0.626. The Morgan fingerprint density at radius 3 is 2.69 bits per heavy atom. The van der Waals surface area contributed by atoms with Gasteiger partial charge in [0.15, 0.2) is 0 Å². The van der Waals surface area contributed by atoms with E-state index in [0.29, 0.717) is 17.3 Å². The molecule has 0 saturated heterocycles. The molecule has 0 radical (unpaired) electrons. The lowest BCUT2D eigenvalue weighted by atomic mass is 10.3. The fourth-order valence-corrected chi connectivity index (χ4v) is 1.60. The van der Waals surface area contributed by atoms with Crippen LogP contribution in [0.15, 0.2) is 23.1 Å². The van der Waals surface area contributed by atoms with Gasteiger partial charge in [-0.2, -0.15) is 0 Å². The monoisotopic (exact) mass is 198 g/mol. The van der Waals surface area contributed by atoms with Gasteiger partial charge in [-0.3, -0.25) is 0 Å². The van der Waals surface area contributed by atoms with Crippen LogP contribution in [0, 0.1) is 0 Å². The second-order valence-corrected chi connectivity index (χ2v) is 3.54. The lowest BCUT2D eigenvalue weighted by Gasteiger charge is -2.04. The molecule has 0 spiro atoms. The fraction of sp³-hybridized carbons (Fsp3) is 0.333. The van der Waals surface area contributed by atoms with E-state index < -0.39 is 0 Å². The molecule has 0 heterocycles. The lowest BCUT2D eigenvalue weighted by molar-refractivity contribution is 0.199. The number of anilines is 2. The van der Waals surface area contributed by atoms with Gasteiger partial charge in [0, 0.05) is 11.5 Å². The maximum absolute atomic E-state index is 5.65. The largest absolute Gasteiger partial charge is 0.397 e. The van der Waals surface area contributed by atoms with Gasteiger partial charge in [0.05, 0.1) is 17.3 Å². The van der Waals surface area contributed by atoms with Crippen molar-refractivity contribution < 1.29 is 4.74 Å². The molecule has 0 saturated carbocycles. The molecule has 0 aliphatic rings. The van der Waals surface area contributed by atoms with Crippen LogP contribution in [0.3, 0.4) is 0 Å². The predicted molar refractivity (Wildman–Crippen MR) is 57.6 cm³/mol. The molecule has 0 aromatic heterocycles. The van der Waals surface area contributed by atoms with Gasteiger partial charge in [0.2, 0.25) is 0 Å². The van der Waals surface area contributed by atoms with Gasteiger partial charge in [-0.1, -0.05) is 11.8 Å². The van der Waals surface area contributed by atoms with Crippen LogP contribution in [0.25, 0.3) is 0 Å². The molecule has 72 valence electrons. The van der Waals surface area contributed by atoms with E-state index in [9.17, 15) is 0 Å². The maximum atomic E-state index is 5.65. The van der Waals surface area contributed by atoms with Crippen molar-refractivity contribution in [1.82, 2.24) is 0 Å². The van der Waals surface area contributed by atoms with E-state index in [0.717, 1.165) is 11.5 Å². The quantitative estimate of drug-likeness (QED) is 0.336. The van der Waals surface area contributed by atoms with Gasteiger partial charge < -0.3 is 16.2 Å².